The highest BCUT2D eigenvalue weighted by atomic mass is 32.1. The van der Waals surface area contributed by atoms with Gasteiger partial charge in [0, 0.05) is 18.0 Å². The molecular weight excluding hydrogens is 234 g/mol. The molecule has 94 valence electrons. The second-order valence-corrected chi connectivity index (χ2v) is 5.33. The zero-order chi connectivity index (χ0) is 12.3. The highest BCUT2D eigenvalue weighted by molar-refractivity contribution is 7.13. The van der Waals surface area contributed by atoms with Gasteiger partial charge in [-0.15, -0.1) is 11.3 Å². The van der Waals surface area contributed by atoms with E-state index in [1.54, 1.807) is 0 Å². The number of hydrogen-bond acceptors (Lipinski definition) is 3. The van der Waals surface area contributed by atoms with Gasteiger partial charge in [-0.05, 0) is 32.6 Å². The van der Waals surface area contributed by atoms with Crippen LogP contribution in [0.2, 0.25) is 0 Å². The van der Waals surface area contributed by atoms with Gasteiger partial charge in [0.25, 0.3) is 0 Å². The molecule has 2 rings (SSSR count). The lowest BCUT2D eigenvalue weighted by Gasteiger charge is -2.34. The van der Waals surface area contributed by atoms with Gasteiger partial charge < -0.3 is 4.90 Å². The Bertz CT molecular complexity index is 391. The van der Waals surface area contributed by atoms with Gasteiger partial charge in [-0.25, -0.2) is 9.78 Å². The minimum atomic E-state index is 0.00546. The molecule has 1 saturated heterocycles. The molecule has 1 aromatic heterocycles. The molecule has 2 heterocycles. The third-order valence-corrected chi connectivity index (χ3v) is 4.07. The summed E-state index contributed by atoms with van der Waals surface area (Å²) >= 11 is 1.48. The summed E-state index contributed by atoms with van der Waals surface area (Å²) in [7, 11) is 0. The summed E-state index contributed by atoms with van der Waals surface area (Å²) in [6.07, 6.45) is 4.50. The van der Waals surface area contributed by atoms with Crippen molar-refractivity contribution in [3.8, 4) is 0 Å². The van der Waals surface area contributed by atoms with E-state index in [9.17, 15) is 4.79 Å². The molecule has 0 spiro atoms. The molecule has 0 radical (unpaired) electrons. The maximum Gasteiger partial charge on any atom is 0.323 e. The number of aryl methyl sites for hydroxylation is 1. The monoisotopic (exact) mass is 253 g/mol. The number of hydrogen-bond donors (Lipinski definition) is 1. The first kappa shape index (κ1) is 12.4. The van der Waals surface area contributed by atoms with Crippen molar-refractivity contribution in [3.05, 3.63) is 11.1 Å². The zero-order valence-corrected chi connectivity index (χ0v) is 11.2. The predicted molar refractivity (Wildman–Crippen MR) is 70.5 cm³/mol. The van der Waals surface area contributed by atoms with E-state index < -0.39 is 0 Å². The Morgan fingerprint density at radius 3 is 3.12 bits per heavy atom. The van der Waals surface area contributed by atoms with Crippen LogP contribution in [0.4, 0.5) is 9.93 Å². The van der Waals surface area contributed by atoms with Crippen LogP contribution < -0.4 is 5.32 Å². The number of piperidine rings is 1. The lowest BCUT2D eigenvalue weighted by atomic mass is 10.0. The molecule has 0 bridgehead atoms. The molecule has 5 heteroatoms. The van der Waals surface area contributed by atoms with E-state index in [2.05, 4.69) is 17.2 Å². The van der Waals surface area contributed by atoms with Gasteiger partial charge in [0.2, 0.25) is 0 Å². The molecule has 1 N–H and O–H groups in total. The first-order chi connectivity index (χ1) is 8.20. The summed E-state index contributed by atoms with van der Waals surface area (Å²) in [6.45, 7) is 4.94. The number of urea groups is 1. The molecule has 0 saturated carbocycles. The summed E-state index contributed by atoms with van der Waals surface area (Å²) in [6, 6.07) is 0.399. The maximum absolute atomic E-state index is 12.1. The number of carbonyl (C=O) groups is 1. The third-order valence-electron chi connectivity index (χ3n) is 3.19. The van der Waals surface area contributed by atoms with E-state index in [4.69, 9.17) is 0 Å². The first-order valence-electron chi connectivity index (χ1n) is 6.20. The van der Waals surface area contributed by atoms with E-state index in [0.717, 1.165) is 31.5 Å². The van der Waals surface area contributed by atoms with Crippen molar-refractivity contribution in [2.45, 2.75) is 45.6 Å². The van der Waals surface area contributed by atoms with Gasteiger partial charge in [-0.2, -0.15) is 0 Å². The molecule has 0 aliphatic carbocycles. The normalized spacial score (nSPS) is 20.4. The van der Waals surface area contributed by atoms with E-state index in [0.29, 0.717) is 11.2 Å². The lowest BCUT2D eigenvalue weighted by molar-refractivity contribution is 0.160. The molecule has 17 heavy (non-hydrogen) atoms. The van der Waals surface area contributed by atoms with Crippen molar-refractivity contribution < 1.29 is 4.79 Å². The van der Waals surface area contributed by atoms with Crippen LogP contribution in [0.25, 0.3) is 0 Å². The maximum atomic E-state index is 12.1. The van der Waals surface area contributed by atoms with Crippen LogP contribution in [0.3, 0.4) is 0 Å². The molecular formula is C12H19N3OS. The number of aromatic nitrogens is 1. The Kier molecular flexibility index (Phi) is 3.99. The van der Waals surface area contributed by atoms with Crippen molar-refractivity contribution >= 4 is 22.5 Å². The number of nitrogens with zero attached hydrogens (tertiary/aromatic N) is 2. The van der Waals surface area contributed by atoms with Crippen molar-refractivity contribution in [3.63, 3.8) is 0 Å². The van der Waals surface area contributed by atoms with Crippen LogP contribution in [0, 0.1) is 6.92 Å². The number of nitrogens with one attached hydrogen (secondary N) is 1. The van der Waals surface area contributed by atoms with E-state index in [-0.39, 0.29) is 6.03 Å². The van der Waals surface area contributed by atoms with E-state index in [1.165, 1.54) is 17.8 Å². The molecule has 1 fully saturated rings. The van der Waals surface area contributed by atoms with Gasteiger partial charge in [-0.3, -0.25) is 5.32 Å². The Balaban J connectivity index is 1.98. The number of anilines is 1. The topological polar surface area (TPSA) is 45.2 Å². The van der Waals surface area contributed by atoms with Crippen LogP contribution in [0.5, 0.6) is 0 Å². The predicted octanol–water partition coefficient (Wildman–Crippen LogP) is 3.25. The molecule has 1 atom stereocenters. The summed E-state index contributed by atoms with van der Waals surface area (Å²) < 4.78 is 0. The molecule has 1 aliphatic heterocycles. The highest BCUT2D eigenvalue weighted by Crippen LogP contribution is 2.21. The number of rotatable bonds is 2. The zero-order valence-electron chi connectivity index (χ0n) is 10.4. The molecule has 4 nitrogen and oxygen atoms in total. The van der Waals surface area contributed by atoms with E-state index >= 15 is 0 Å². The summed E-state index contributed by atoms with van der Waals surface area (Å²) in [4.78, 5) is 18.3. The Morgan fingerprint density at radius 1 is 1.65 bits per heavy atom. The first-order valence-corrected chi connectivity index (χ1v) is 7.08. The average Bonchev–Trinajstić information content (AvgIpc) is 2.74. The second-order valence-electron chi connectivity index (χ2n) is 4.48. The number of likely N-dealkylation sites (tertiary alicyclic amines) is 1. The number of amides is 2. The van der Waals surface area contributed by atoms with Gasteiger partial charge in [0.1, 0.15) is 0 Å². The fourth-order valence-corrected chi connectivity index (χ4v) is 2.94. The van der Waals surface area contributed by atoms with Crippen molar-refractivity contribution in [2.75, 3.05) is 11.9 Å². The van der Waals surface area contributed by atoms with Crippen LogP contribution in [0.15, 0.2) is 5.38 Å². The number of thiazole rings is 1. The summed E-state index contributed by atoms with van der Waals surface area (Å²) in [5.41, 5.74) is 0.955. The van der Waals surface area contributed by atoms with Crippen LogP contribution >= 0.6 is 11.3 Å². The quantitative estimate of drug-likeness (QED) is 0.879. The Morgan fingerprint density at radius 2 is 2.47 bits per heavy atom. The fourth-order valence-electron chi connectivity index (χ4n) is 2.27. The highest BCUT2D eigenvalue weighted by Gasteiger charge is 2.25. The van der Waals surface area contributed by atoms with Crippen molar-refractivity contribution in [2.24, 2.45) is 0 Å². The molecule has 0 aromatic carbocycles. The Hall–Kier alpha value is -1.10. The molecule has 2 amide bonds. The molecule has 1 aliphatic rings. The second kappa shape index (κ2) is 5.49. The SMILES string of the molecule is CCC1CCCCN1C(=O)Nc1nc(C)cs1. The van der Waals surface area contributed by atoms with Crippen molar-refractivity contribution in [1.29, 1.82) is 0 Å². The standard InChI is InChI=1S/C12H19N3OS/c1-3-10-6-4-5-7-15(10)12(16)14-11-13-9(2)8-17-11/h8,10H,3-7H2,1-2H3,(H,13,14,16). The van der Waals surface area contributed by atoms with Gasteiger partial charge in [0.15, 0.2) is 5.13 Å². The smallest absolute Gasteiger partial charge is 0.322 e. The number of carbonyl (C=O) groups excluding carboxylic acids is 1. The van der Waals surface area contributed by atoms with Crippen molar-refractivity contribution in [1.82, 2.24) is 9.88 Å². The van der Waals surface area contributed by atoms with E-state index in [1.807, 2.05) is 17.2 Å². The summed E-state index contributed by atoms with van der Waals surface area (Å²) in [5.74, 6) is 0. The largest absolute Gasteiger partial charge is 0.323 e. The average molecular weight is 253 g/mol. The lowest BCUT2D eigenvalue weighted by Crippen LogP contribution is -2.45. The molecule has 1 aromatic rings. The Labute approximate surface area is 106 Å². The van der Waals surface area contributed by atoms with Gasteiger partial charge in [0.05, 0.1) is 5.69 Å². The fraction of sp³-hybridized carbons (Fsp3) is 0.667. The van der Waals surface area contributed by atoms with Crippen LogP contribution in [-0.2, 0) is 0 Å². The van der Waals surface area contributed by atoms with Gasteiger partial charge in [-0.1, -0.05) is 6.92 Å². The van der Waals surface area contributed by atoms with Gasteiger partial charge >= 0.3 is 6.03 Å². The van der Waals surface area contributed by atoms with Crippen LogP contribution in [-0.4, -0.2) is 28.5 Å². The summed E-state index contributed by atoms with van der Waals surface area (Å²) in [5, 5.41) is 5.54. The minimum Gasteiger partial charge on any atom is -0.322 e. The third kappa shape index (κ3) is 2.97. The molecule has 1 unspecified atom stereocenters. The van der Waals surface area contributed by atoms with Crippen LogP contribution in [0.1, 0.15) is 38.3 Å². The minimum absolute atomic E-state index is 0.00546.